The van der Waals surface area contributed by atoms with Crippen LogP contribution in [-0.2, 0) is 0 Å². The Morgan fingerprint density at radius 2 is 0.745 bits per heavy atom. The van der Waals surface area contributed by atoms with Crippen molar-refractivity contribution in [1.82, 2.24) is 0 Å². The van der Waals surface area contributed by atoms with E-state index in [0.29, 0.717) is 0 Å². The zero-order valence-corrected chi connectivity index (χ0v) is 30.3. The second-order valence-electron chi connectivity index (χ2n) is 14.1. The van der Waals surface area contributed by atoms with E-state index < -0.39 is 0 Å². The summed E-state index contributed by atoms with van der Waals surface area (Å²) in [5, 5.41) is 7.55. The zero-order valence-electron chi connectivity index (χ0n) is 30.3. The number of nitrogens with zero attached hydrogens (tertiary/aromatic N) is 1. The van der Waals surface area contributed by atoms with Gasteiger partial charge in [-0.25, -0.2) is 0 Å². The molecule has 0 saturated carbocycles. The Labute approximate surface area is 322 Å². The monoisotopic (exact) mass is 699 g/mol. The molecular weight excluding hydrogens is 663 g/mol. The number of benzene rings is 10. The highest BCUT2D eigenvalue weighted by Crippen LogP contribution is 2.41. The smallest absolute Gasteiger partial charge is 0.0467 e. The van der Waals surface area contributed by atoms with Gasteiger partial charge in [0.2, 0.25) is 0 Å². The molecule has 0 atom stereocenters. The first-order valence-corrected chi connectivity index (χ1v) is 18.9. The minimum atomic E-state index is 1.10. The van der Waals surface area contributed by atoms with E-state index in [-0.39, 0.29) is 0 Å². The zero-order chi connectivity index (χ0) is 36.6. The number of hydrogen-bond donors (Lipinski definition) is 0. The molecule has 0 amide bonds. The van der Waals surface area contributed by atoms with Gasteiger partial charge < -0.3 is 4.90 Å². The van der Waals surface area contributed by atoms with Crippen molar-refractivity contribution in [1.29, 1.82) is 0 Å². The van der Waals surface area contributed by atoms with E-state index in [4.69, 9.17) is 0 Å². The van der Waals surface area contributed by atoms with Crippen LogP contribution >= 0.6 is 0 Å². The van der Waals surface area contributed by atoms with E-state index in [1.807, 2.05) is 0 Å². The highest BCUT2D eigenvalue weighted by molar-refractivity contribution is 6.14. The van der Waals surface area contributed by atoms with Crippen molar-refractivity contribution in [2.45, 2.75) is 0 Å². The molecule has 10 aromatic rings. The average molecular weight is 700 g/mol. The summed E-state index contributed by atoms with van der Waals surface area (Å²) in [7, 11) is 0. The summed E-state index contributed by atoms with van der Waals surface area (Å²) in [6.07, 6.45) is 0. The first-order valence-electron chi connectivity index (χ1n) is 18.9. The molecule has 10 aromatic carbocycles. The fourth-order valence-electron chi connectivity index (χ4n) is 8.12. The quantitative estimate of drug-likeness (QED) is 0.150. The van der Waals surface area contributed by atoms with Gasteiger partial charge in [-0.1, -0.05) is 176 Å². The van der Waals surface area contributed by atoms with Gasteiger partial charge in [-0.3, -0.25) is 0 Å². The summed E-state index contributed by atoms with van der Waals surface area (Å²) in [5.74, 6) is 0. The first kappa shape index (κ1) is 32.4. The van der Waals surface area contributed by atoms with Crippen molar-refractivity contribution in [3.8, 4) is 44.5 Å². The van der Waals surface area contributed by atoms with E-state index in [1.54, 1.807) is 0 Å². The molecule has 1 nitrogen and oxygen atoms in total. The number of anilines is 3. The van der Waals surface area contributed by atoms with Crippen molar-refractivity contribution in [3.63, 3.8) is 0 Å². The Bertz CT molecular complexity index is 2960. The standard InChI is InChI=1S/C54H37N/c1-2-14-40(15-3-1)49-20-8-9-21-50(49)41-29-33-47(34-30-41)55(46-31-27-39(28-32-46)43-26-25-38-13-4-5-16-42(38)35-43)48-19-12-18-44(36-48)54-37-45-17-6-7-22-51(45)52-23-10-11-24-53(52)54/h1-37H. The van der Waals surface area contributed by atoms with Gasteiger partial charge in [0.05, 0.1) is 0 Å². The number of fused-ring (bicyclic) bond motifs is 4. The highest BCUT2D eigenvalue weighted by atomic mass is 15.1. The van der Waals surface area contributed by atoms with Gasteiger partial charge in [-0.2, -0.15) is 0 Å². The average Bonchev–Trinajstić information content (AvgIpc) is 3.27. The molecule has 0 bridgehead atoms. The molecule has 0 unspecified atom stereocenters. The minimum Gasteiger partial charge on any atom is -0.310 e. The molecule has 0 aliphatic heterocycles. The van der Waals surface area contributed by atoms with Gasteiger partial charge in [0, 0.05) is 17.1 Å². The molecule has 0 saturated heterocycles. The van der Waals surface area contributed by atoms with Crippen LogP contribution in [-0.4, -0.2) is 0 Å². The molecule has 0 aliphatic carbocycles. The van der Waals surface area contributed by atoms with Gasteiger partial charge in [0.1, 0.15) is 0 Å². The van der Waals surface area contributed by atoms with Crippen LogP contribution in [0.2, 0.25) is 0 Å². The van der Waals surface area contributed by atoms with E-state index in [0.717, 1.165) is 17.1 Å². The topological polar surface area (TPSA) is 3.24 Å². The third kappa shape index (κ3) is 6.12. The third-order valence-corrected chi connectivity index (χ3v) is 10.8. The molecule has 0 aromatic heterocycles. The van der Waals surface area contributed by atoms with Crippen molar-refractivity contribution in [2.24, 2.45) is 0 Å². The second kappa shape index (κ2) is 14.0. The summed E-state index contributed by atoms with van der Waals surface area (Å²) >= 11 is 0. The van der Waals surface area contributed by atoms with Gasteiger partial charge in [0.15, 0.2) is 0 Å². The molecule has 0 heterocycles. The van der Waals surface area contributed by atoms with Crippen molar-refractivity contribution < 1.29 is 0 Å². The number of hydrogen-bond acceptors (Lipinski definition) is 1. The van der Waals surface area contributed by atoms with Gasteiger partial charge in [-0.05, 0) is 125 Å². The van der Waals surface area contributed by atoms with Crippen LogP contribution in [0.1, 0.15) is 0 Å². The van der Waals surface area contributed by atoms with E-state index in [9.17, 15) is 0 Å². The largest absolute Gasteiger partial charge is 0.310 e. The minimum absolute atomic E-state index is 1.10. The molecule has 258 valence electrons. The molecule has 0 radical (unpaired) electrons. The Balaban J connectivity index is 1.09. The summed E-state index contributed by atoms with van der Waals surface area (Å²) in [4.78, 5) is 2.38. The fraction of sp³-hybridized carbons (Fsp3) is 0. The van der Waals surface area contributed by atoms with Gasteiger partial charge in [-0.15, -0.1) is 0 Å². The van der Waals surface area contributed by atoms with Crippen LogP contribution in [0, 0.1) is 0 Å². The Morgan fingerprint density at radius 1 is 0.218 bits per heavy atom. The molecule has 1 heteroatoms. The molecule has 55 heavy (non-hydrogen) atoms. The van der Waals surface area contributed by atoms with Crippen LogP contribution in [0.5, 0.6) is 0 Å². The maximum Gasteiger partial charge on any atom is 0.0467 e. The summed E-state index contributed by atoms with van der Waals surface area (Å²) in [6, 6.07) is 81.4. The Kier molecular flexibility index (Phi) is 8.24. The Hall–Kier alpha value is -7.22. The van der Waals surface area contributed by atoms with E-state index in [2.05, 4.69) is 229 Å². The van der Waals surface area contributed by atoms with Gasteiger partial charge in [0.25, 0.3) is 0 Å². The summed E-state index contributed by atoms with van der Waals surface area (Å²) in [5.41, 5.74) is 13.0. The number of rotatable bonds is 7. The van der Waals surface area contributed by atoms with E-state index >= 15 is 0 Å². The van der Waals surface area contributed by atoms with Crippen LogP contribution < -0.4 is 4.90 Å². The lowest BCUT2D eigenvalue weighted by Gasteiger charge is -2.27. The fourth-order valence-corrected chi connectivity index (χ4v) is 8.12. The van der Waals surface area contributed by atoms with Crippen LogP contribution in [0.25, 0.3) is 76.8 Å². The van der Waals surface area contributed by atoms with Crippen molar-refractivity contribution in [3.05, 3.63) is 224 Å². The summed E-state index contributed by atoms with van der Waals surface area (Å²) in [6.45, 7) is 0. The lowest BCUT2D eigenvalue weighted by Crippen LogP contribution is -2.10. The SMILES string of the molecule is c1ccc(-c2ccccc2-c2ccc(N(c3ccc(-c4ccc5ccccc5c4)cc3)c3cccc(-c4cc5ccccc5c5ccccc45)c3)cc2)cc1. The molecular formula is C54H37N. The normalized spacial score (nSPS) is 11.3. The first-order chi connectivity index (χ1) is 27.3. The van der Waals surface area contributed by atoms with E-state index in [1.165, 1.54) is 76.8 Å². The van der Waals surface area contributed by atoms with Crippen molar-refractivity contribution >= 4 is 49.4 Å². The predicted octanol–water partition coefficient (Wildman–Crippen LogP) is 15.3. The molecule has 0 fully saturated rings. The maximum absolute atomic E-state index is 2.38. The lowest BCUT2D eigenvalue weighted by atomic mass is 9.93. The molecule has 0 aliphatic rings. The van der Waals surface area contributed by atoms with Crippen LogP contribution in [0.3, 0.4) is 0 Å². The van der Waals surface area contributed by atoms with Crippen LogP contribution in [0.15, 0.2) is 224 Å². The van der Waals surface area contributed by atoms with Gasteiger partial charge >= 0.3 is 0 Å². The van der Waals surface area contributed by atoms with Crippen LogP contribution in [0.4, 0.5) is 17.1 Å². The Morgan fingerprint density at radius 3 is 1.47 bits per heavy atom. The molecule has 0 spiro atoms. The summed E-state index contributed by atoms with van der Waals surface area (Å²) < 4.78 is 0. The highest BCUT2D eigenvalue weighted by Gasteiger charge is 2.17. The third-order valence-electron chi connectivity index (χ3n) is 10.8. The molecule has 0 N–H and O–H groups in total. The second-order valence-corrected chi connectivity index (χ2v) is 14.1. The molecule has 10 rings (SSSR count). The predicted molar refractivity (Wildman–Crippen MR) is 235 cm³/mol. The lowest BCUT2D eigenvalue weighted by molar-refractivity contribution is 1.28. The maximum atomic E-state index is 2.38. The van der Waals surface area contributed by atoms with Crippen molar-refractivity contribution in [2.75, 3.05) is 4.90 Å².